The number of carbonyl (C=O) groups is 3. The standard InChI is InChI=1S/C86H95ClF4N20O7/c1-6-75(113)109-35-32-106(46-58(109)20-26-92)80-67-25-31-105(51-71(67)95-83(98-80)116-39-13-38-112)74-43-55(40-54-14-9-10-15-63(54)74)56-41-61(101(4)44-56)52-117-85-97-70-50-104(30-24-66(70)82(100-85)108-34-37-111(77(115)8-3)60(48-108)22-28-94)73-19-18-64(79(88)78(73)86(89,90)91)57-42-62(102(5)45-57)53-118-84-96-69-49-103(72-17-12-11-16-68(72)87)29-23-65(69)81(99-84)107-33-36-110(76(114)7-2)59(47-107)21-27-93/h6-12,14-19,40,43,56-62,112H,1-3,13,20-25,29-39,41-42,44-53H2,4-5H3/t56?,57?,58?,59?,60?,61-,62-/m0/s1. The van der Waals surface area contributed by atoms with Gasteiger partial charge in [0.15, 0.2) is 0 Å². The van der Waals surface area contributed by atoms with Crippen LogP contribution in [0.1, 0.15) is 101 Å². The Morgan fingerprint density at radius 2 is 0.975 bits per heavy atom. The van der Waals surface area contributed by atoms with E-state index < -0.39 is 41.6 Å². The Labute approximate surface area is 688 Å². The molecular formula is C86H95ClF4N20O7. The Bertz CT molecular complexity index is 5140. The molecule has 27 nitrogen and oxygen atoms in total. The predicted octanol–water partition coefficient (Wildman–Crippen LogP) is 9.55. The van der Waals surface area contributed by atoms with E-state index in [1.54, 1.807) is 14.7 Å². The second kappa shape index (κ2) is 35.4. The van der Waals surface area contributed by atoms with Gasteiger partial charge in [0.2, 0.25) is 17.7 Å². The topological polar surface area (TPSA) is 283 Å². The van der Waals surface area contributed by atoms with Crippen LogP contribution in [0, 0.1) is 39.8 Å². The summed E-state index contributed by atoms with van der Waals surface area (Å²) in [6.45, 7) is 17.3. The van der Waals surface area contributed by atoms with E-state index in [0.29, 0.717) is 144 Å². The summed E-state index contributed by atoms with van der Waals surface area (Å²) < 4.78 is 84.7. The van der Waals surface area contributed by atoms with Gasteiger partial charge in [0.25, 0.3) is 0 Å². The van der Waals surface area contributed by atoms with Crippen molar-refractivity contribution in [3.8, 4) is 36.2 Å². The van der Waals surface area contributed by atoms with Gasteiger partial charge in [0, 0.05) is 150 Å². The molecule has 5 fully saturated rings. The lowest BCUT2D eigenvalue weighted by molar-refractivity contribution is -0.139. The average Bonchev–Trinajstić information content (AvgIpc) is 1.20. The molecule has 8 aliphatic rings. The van der Waals surface area contributed by atoms with Crippen LogP contribution in [0.25, 0.3) is 10.8 Å². The molecule has 32 heteroatoms. The summed E-state index contributed by atoms with van der Waals surface area (Å²) in [6, 6.07) is 28.2. The number of aliphatic hydroxyl groups excluding tert-OH is 1. The van der Waals surface area contributed by atoms with E-state index in [1.807, 2.05) is 60.3 Å². The zero-order valence-electron chi connectivity index (χ0n) is 66.3. The lowest BCUT2D eigenvalue weighted by Crippen LogP contribution is -2.55. The van der Waals surface area contributed by atoms with Crippen molar-refractivity contribution in [1.29, 1.82) is 15.8 Å². The molecule has 7 atom stereocenters. The monoisotopic (exact) mass is 1630 g/mol. The number of amides is 3. The summed E-state index contributed by atoms with van der Waals surface area (Å²) in [5.41, 5.74) is 5.61. The van der Waals surface area contributed by atoms with Crippen molar-refractivity contribution in [2.45, 2.75) is 126 Å². The van der Waals surface area contributed by atoms with Crippen molar-refractivity contribution >= 4 is 74.6 Å². The van der Waals surface area contributed by atoms with Crippen LogP contribution in [0.3, 0.4) is 0 Å². The van der Waals surface area contributed by atoms with Gasteiger partial charge in [-0.2, -0.15) is 58.9 Å². The van der Waals surface area contributed by atoms with Crippen LogP contribution >= 0.6 is 11.6 Å². The maximum absolute atomic E-state index is 17.5. The van der Waals surface area contributed by atoms with Gasteiger partial charge in [0.1, 0.15) is 42.0 Å². The molecule has 5 unspecified atom stereocenters. The fourth-order valence-corrected chi connectivity index (χ4v) is 18.8. The minimum atomic E-state index is -5.13. The number of likely N-dealkylation sites (tertiary alicyclic amines) is 2. The largest absolute Gasteiger partial charge is 0.463 e. The van der Waals surface area contributed by atoms with Crippen molar-refractivity contribution in [2.24, 2.45) is 0 Å². The summed E-state index contributed by atoms with van der Waals surface area (Å²) in [5, 5.41) is 42.1. The molecule has 3 amide bonds. The van der Waals surface area contributed by atoms with Crippen LogP contribution in [0.2, 0.25) is 5.02 Å². The summed E-state index contributed by atoms with van der Waals surface area (Å²) >= 11 is 6.72. The number of hydrogen-bond donors (Lipinski definition) is 1. The molecule has 0 spiro atoms. The second-order valence-electron chi connectivity index (χ2n) is 31.5. The molecule has 8 aliphatic heterocycles. The van der Waals surface area contributed by atoms with Crippen molar-refractivity contribution in [3.63, 3.8) is 0 Å². The third-order valence-corrected chi connectivity index (χ3v) is 24.9. The first-order valence-corrected chi connectivity index (χ1v) is 40.7. The van der Waals surface area contributed by atoms with Crippen molar-refractivity contribution in [1.82, 2.24) is 54.4 Å². The molecule has 118 heavy (non-hydrogen) atoms. The Morgan fingerprint density at radius 3 is 1.44 bits per heavy atom. The van der Waals surface area contributed by atoms with Crippen LogP contribution < -0.4 is 43.6 Å². The van der Waals surface area contributed by atoms with Gasteiger partial charge < -0.3 is 63.4 Å². The van der Waals surface area contributed by atoms with Gasteiger partial charge in [-0.05, 0) is 111 Å². The Morgan fingerprint density at radius 1 is 0.534 bits per heavy atom. The molecule has 1 N–H and O–H groups in total. The smallest absolute Gasteiger partial charge is 0.421 e. The molecule has 4 aromatic carbocycles. The summed E-state index contributed by atoms with van der Waals surface area (Å²) in [4.78, 5) is 90.4. The number of fused-ring (bicyclic) bond motifs is 4. The SMILES string of the molecule is C=CC(=O)N1CCN(c2nc(OC[C@@H]3CC(c4ccc(N5CCc6c(nc(OC[C@@H]7CC(c8cc(N9CCc%10c(nc(OCCCO)nc%10N%10CCN(C(=O)C=C)C(CC#N)C%10)C9)c9ccccc9c8)CN7C)nc6N6CCN(C(=O)C=C)C(CC#N)C6)C5)c(C(F)(F)F)c4F)CN3C)nc3c2CCN(c2ccccc2Cl)C3)CC1CC#N. The van der Waals surface area contributed by atoms with Gasteiger partial charge in [-0.3, -0.25) is 24.2 Å². The summed E-state index contributed by atoms with van der Waals surface area (Å²) in [6.07, 6.45) is 1.51. The third-order valence-electron chi connectivity index (χ3n) is 24.6. The van der Waals surface area contributed by atoms with Gasteiger partial charge >= 0.3 is 24.2 Å². The minimum Gasteiger partial charge on any atom is -0.463 e. The number of aliphatic hydroxyl groups is 1. The van der Waals surface area contributed by atoms with E-state index in [0.717, 1.165) is 44.5 Å². The van der Waals surface area contributed by atoms with Gasteiger partial charge in [-0.15, -0.1) is 0 Å². The molecular weight excluding hydrogens is 1540 g/mol. The summed E-state index contributed by atoms with van der Waals surface area (Å²) in [5.74, 6) is -0.990. The lowest BCUT2D eigenvalue weighted by atomic mass is 9.92. The average molecular weight is 1630 g/mol. The molecule has 11 heterocycles. The van der Waals surface area contributed by atoms with Gasteiger partial charge in [-0.25, -0.2) is 4.39 Å². The number of rotatable bonds is 24. The van der Waals surface area contributed by atoms with E-state index in [4.69, 9.17) is 55.7 Å². The second-order valence-corrected chi connectivity index (χ2v) is 32.0. The molecule has 3 aromatic heterocycles. The van der Waals surface area contributed by atoms with Crippen molar-refractivity contribution < 1.29 is 51.3 Å². The van der Waals surface area contributed by atoms with Crippen LogP contribution in [-0.4, -0.2) is 240 Å². The maximum Gasteiger partial charge on any atom is 0.421 e. The molecule has 0 saturated carbocycles. The number of nitrogens with zero attached hydrogens (tertiary/aromatic N) is 20. The molecule has 616 valence electrons. The molecule has 0 bridgehead atoms. The number of aromatic nitrogens is 6. The molecule has 0 radical (unpaired) electrons. The van der Waals surface area contributed by atoms with E-state index >= 15 is 17.6 Å². The number of benzene rings is 4. The minimum absolute atomic E-state index is 0.00442. The zero-order chi connectivity index (χ0) is 82.6. The fraction of sp³-hybridized carbons (Fsp3) is 0.465. The van der Waals surface area contributed by atoms with Crippen LogP contribution in [0.15, 0.2) is 111 Å². The van der Waals surface area contributed by atoms with E-state index in [9.17, 15) is 35.3 Å². The number of halogens is 5. The third kappa shape index (κ3) is 16.9. The first-order valence-electron chi connectivity index (χ1n) is 40.3. The quantitative estimate of drug-likeness (QED) is 0.0335. The number of hydrogen-bond acceptors (Lipinski definition) is 24. The van der Waals surface area contributed by atoms with Crippen LogP contribution in [-0.2, 0) is 59.5 Å². The van der Waals surface area contributed by atoms with E-state index in [-0.39, 0.29) is 156 Å². The number of piperazine rings is 3. The Kier molecular flexibility index (Phi) is 24.5. The number of alkyl halides is 3. The van der Waals surface area contributed by atoms with Crippen molar-refractivity contribution in [3.05, 3.63) is 172 Å². The highest BCUT2D eigenvalue weighted by atomic mass is 35.5. The number of anilines is 6. The van der Waals surface area contributed by atoms with E-state index in [2.05, 4.69) is 86.7 Å². The fourth-order valence-electron chi connectivity index (χ4n) is 18.5. The summed E-state index contributed by atoms with van der Waals surface area (Å²) in [7, 11) is 3.87. The van der Waals surface area contributed by atoms with Gasteiger partial charge in [0.05, 0.1) is 115 Å². The van der Waals surface area contributed by atoms with Crippen molar-refractivity contribution in [2.75, 3.05) is 162 Å². The highest BCUT2D eigenvalue weighted by Gasteiger charge is 2.45. The van der Waals surface area contributed by atoms with Crippen LogP contribution in [0.4, 0.5) is 52.1 Å². The first-order chi connectivity index (χ1) is 57.1. The number of ether oxygens (including phenoxy) is 3. The lowest BCUT2D eigenvalue weighted by Gasteiger charge is -2.42. The molecule has 7 aromatic rings. The first kappa shape index (κ1) is 81.7. The zero-order valence-corrected chi connectivity index (χ0v) is 67.0. The highest BCUT2D eigenvalue weighted by Crippen LogP contribution is 2.47. The number of para-hydroxylation sites is 1. The Hall–Kier alpha value is -11.4. The Balaban J connectivity index is 0.669. The molecule has 5 saturated heterocycles. The number of nitriles is 3. The maximum atomic E-state index is 17.5. The molecule has 15 rings (SSSR count). The number of likely N-dealkylation sites (N-methyl/N-ethyl adjacent to an activating group) is 2. The highest BCUT2D eigenvalue weighted by molar-refractivity contribution is 6.33. The predicted molar refractivity (Wildman–Crippen MR) is 437 cm³/mol. The molecule has 0 aliphatic carbocycles. The number of carbonyl (C=O) groups excluding carboxylic acids is 3. The van der Waals surface area contributed by atoms with Gasteiger partial charge in [-0.1, -0.05) is 79.9 Å². The van der Waals surface area contributed by atoms with Crippen LogP contribution in [0.5, 0.6) is 18.0 Å². The van der Waals surface area contributed by atoms with E-state index in [1.165, 1.54) is 35.3 Å². The normalized spacial score (nSPS) is 21.6.